The molecule has 1 aromatic heterocycles. The van der Waals surface area contributed by atoms with Gasteiger partial charge in [0.25, 0.3) is 0 Å². The summed E-state index contributed by atoms with van der Waals surface area (Å²) in [6, 6.07) is 8.21. The molecule has 2 aromatic rings. The molecule has 1 saturated heterocycles. The summed E-state index contributed by atoms with van der Waals surface area (Å²) in [5, 5.41) is 3.36. The van der Waals surface area contributed by atoms with Crippen molar-refractivity contribution in [2.24, 2.45) is 0 Å². The van der Waals surface area contributed by atoms with Crippen LogP contribution in [0.15, 0.2) is 36.8 Å². The number of nitrogens with one attached hydrogen (secondary N) is 1. The Morgan fingerprint density at radius 2 is 2.24 bits per heavy atom. The van der Waals surface area contributed by atoms with Gasteiger partial charge in [-0.05, 0) is 24.1 Å². The van der Waals surface area contributed by atoms with E-state index < -0.39 is 0 Å². The van der Waals surface area contributed by atoms with E-state index in [1.807, 2.05) is 24.7 Å². The largest absolute Gasteiger partial charge is 0.497 e. The van der Waals surface area contributed by atoms with E-state index in [2.05, 4.69) is 27.0 Å². The van der Waals surface area contributed by atoms with Gasteiger partial charge in [-0.3, -0.25) is 0 Å². The molecule has 21 heavy (non-hydrogen) atoms. The first-order valence-corrected chi connectivity index (χ1v) is 7.32. The summed E-state index contributed by atoms with van der Waals surface area (Å²) in [5.41, 5.74) is 2.44. The van der Waals surface area contributed by atoms with Gasteiger partial charge in [-0.1, -0.05) is 12.1 Å². The van der Waals surface area contributed by atoms with Gasteiger partial charge >= 0.3 is 0 Å². The van der Waals surface area contributed by atoms with Crippen LogP contribution in [0.4, 0.5) is 0 Å². The van der Waals surface area contributed by atoms with Gasteiger partial charge < -0.3 is 19.4 Å². The van der Waals surface area contributed by atoms with Crippen molar-refractivity contribution >= 4 is 0 Å². The summed E-state index contributed by atoms with van der Waals surface area (Å²) in [5.74, 6) is 0.892. The zero-order valence-corrected chi connectivity index (χ0v) is 12.3. The highest BCUT2D eigenvalue weighted by Gasteiger charge is 2.19. The first-order valence-electron chi connectivity index (χ1n) is 7.32. The average molecular weight is 287 g/mol. The Kier molecular flexibility index (Phi) is 4.52. The van der Waals surface area contributed by atoms with Gasteiger partial charge in [0.15, 0.2) is 0 Å². The lowest BCUT2D eigenvalue weighted by molar-refractivity contribution is 0.0228. The molecule has 5 heteroatoms. The molecule has 0 amide bonds. The fraction of sp³-hybridized carbons (Fsp3) is 0.438. The van der Waals surface area contributed by atoms with Crippen LogP contribution in [-0.4, -0.2) is 36.4 Å². The number of ether oxygens (including phenoxy) is 2. The molecule has 1 atom stereocenters. The molecule has 1 aromatic carbocycles. The van der Waals surface area contributed by atoms with Gasteiger partial charge in [0, 0.05) is 19.6 Å². The zero-order chi connectivity index (χ0) is 14.5. The number of hydrogen-bond acceptors (Lipinski definition) is 4. The maximum absolute atomic E-state index is 5.81. The second-order valence-electron chi connectivity index (χ2n) is 5.17. The SMILES string of the molecule is COc1ccc(CCn2cncc2C2CNCCO2)cc1. The molecule has 0 spiro atoms. The Morgan fingerprint density at radius 3 is 2.95 bits per heavy atom. The van der Waals surface area contributed by atoms with Crippen LogP contribution in [0.25, 0.3) is 0 Å². The Morgan fingerprint density at radius 1 is 1.38 bits per heavy atom. The van der Waals surface area contributed by atoms with Crippen molar-refractivity contribution in [3.8, 4) is 5.75 Å². The molecule has 1 fully saturated rings. The van der Waals surface area contributed by atoms with Crippen molar-refractivity contribution in [2.45, 2.75) is 19.1 Å². The third-order valence-corrected chi connectivity index (χ3v) is 3.80. The minimum atomic E-state index is 0.108. The Bertz CT molecular complexity index is 559. The standard InChI is InChI=1S/C16H21N3O2/c1-20-14-4-2-13(3-5-14)6-8-19-12-18-10-15(19)16-11-17-7-9-21-16/h2-5,10,12,16-17H,6-9,11H2,1H3. The highest BCUT2D eigenvalue weighted by Crippen LogP contribution is 2.19. The summed E-state index contributed by atoms with van der Waals surface area (Å²) in [4.78, 5) is 4.27. The van der Waals surface area contributed by atoms with Crippen molar-refractivity contribution in [2.75, 3.05) is 26.8 Å². The number of aryl methyl sites for hydroxylation is 2. The molecular weight excluding hydrogens is 266 g/mol. The third-order valence-electron chi connectivity index (χ3n) is 3.80. The summed E-state index contributed by atoms with van der Waals surface area (Å²) >= 11 is 0. The van der Waals surface area contributed by atoms with E-state index >= 15 is 0 Å². The number of morpholine rings is 1. The second kappa shape index (κ2) is 6.74. The summed E-state index contributed by atoms with van der Waals surface area (Å²) < 4.78 is 13.2. The fourth-order valence-electron chi connectivity index (χ4n) is 2.58. The van der Waals surface area contributed by atoms with Crippen molar-refractivity contribution in [3.63, 3.8) is 0 Å². The van der Waals surface area contributed by atoms with Gasteiger partial charge in [0.1, 0.15) is 11.9 Å². The van der Waals surface area contributed by atoms with Crippen LogP contribution in [0, 0.1) is 0 Å². The molecule has 0 bridgehead atoms. The summed E-state index contributed by atoms with van der Waals surface area (Å²) in [6.45, 7) is 3.45. The van der Waals surface area contributed by atoms with E-state index in [0.717, 1.165) is 44.1 Å². The van der Waals surface area contributed by atoms with E-state index in [1.54, 1.807) is 7.11 Å². The molecular formula is C16H21N3O2. The van der Waals surface area contributed by atoms with Crippen LogP contribution in [-0.2, 0) is 17.7 Å². The molecule has 5 nitrogen and oxygen atoms in total. The average Bonchev–Trinajstić information content (AvgIpc) is 3.03. The van der Waals surface area contributed by atoms with Crippen LogP contribution in [0.1, 0.15) is 17.4 Å². The molecule has 0 aliphatic carbocycles. The zero-order valence-electron chi connectivity index (χ0n) is 12.3. The van der Waals surface area contributed by atoms with Crippen molar-refractivity contribution < 1.29 is 9.47 Å². The van der Waals surface area contributed by atoms with Crippen molar-refractivity contribution in [1.82, 2.24) is 14.9 Å². The van der Waals surface area contributed by atoms with Crippen LogP contribution in [0.3, 0.4) is 0 Å². The Balaban J connectivity index is 1.63. The molecule has 3 rings (SSSR count). The van der Waals surface area contributed by atoms with E-state index in [9.17, 15) is 0 Å². The molecule has 112 valence electrons. The molecule has 0 saturated carbocycles. The van der Waals surface area contributed by atoms with E-state index in [1.165, 1.54) is 5.56 Å². The van der Waals surface area contributed by atoms with E-state index in [4.69, 9.17) is 9.47 Å². The molecule has 2 heterocycles. The first kappa shape index (κ1) is 14.1. The number of imidazole rings is 1. The number of benzene rings is 1. The van der Waals surface area contributed by atoms with Gasteiger partial charge in [-0.15, -0.1) is 0 Å². The van der Waals surface area contributed by atoms with E-state index in [-0.39, 0.29) is 6.10 Å². The van der Waals surface area contributed by atoms with Crippen LogP contribution >= 0.6 is 0 Å². The predicted molar refractivity (Wildman–Crippen MR) is 80.5 cm³/mol. The molecule has 0 radical (unpaired) electrons. The lowest BCUT2D eigenvalue weighted by Crippen LogP contribution is -2.34. The van der Waals surface area contributed by atoms with Crippen LogP contribution < -0.4 is 10.1 Å². The maximum atomic E-state index is 5.81. The fourth-order valence-corrected chi connectivity index (χ4v) is 2.58. The molecule has 1 unspecified atom stereocenters. The van der Waals surface area contributed by atoms with Crippen LogP contribution in [0.5, 0.6) is 5.75 Å². The quantitative estimate of drug-likeness (QED) is 0.911. The van der Waals surface area contributed by atoms with Crippen molar-refractivity contribution in [3.05, 3.63) is 48.0 Å². The summed E-state index contributed by atoms with van der Waals surface area (Å²) in [6.07, 6.45) is 4.87. The number of methoxy groups -OCH3 is 1. The second-order valence-corrected chi connectivity index (χ2v) is 5.17. The van der Waals surface area contributed by atoms with Gasteiger partial charge in [-0.25, -0.2) is 4.98 Å². The number of nitrogens with zero attached hydrogens (tertiary/aromatic N) is 2. The van der Waals surface area contributed by atoms with E-state index in [0.29, 0.717) is 0 Å². The third kappa shape index (κ3) is 3.43. The Hall–Kier alpha value is -1.85. The smallest absolute Gasteiger partial charge is 0.118 e. The minimum Gasteiger partial charge on any atom is -0.497 e. The molecule has 1 aliphatic heterocycles. The highest BCUT2D eigenvalue weighted by molar-refractivity contribution is 5.27. The van der Waals surface area contributed by atoms with Crippen LogP contribution in [0.2, 0.25) is 0 Å². The lowest BCUT2D eigenvalue weighted by Gasteiger charge is -2.24. The predicted octanol–water partition coefficient (Wildman–Crippen LogP) is 1.80. The van der Waals surface area contributed by atoms with Crippen molar-refractivity contribution in [1.29, 1.82) is 0 Å². The molecule has 1 N–H and O–H groups in total. The van der Waals surface area contributed by atoms with Gasteiger partial charge in [0.05, 0.1) is 31.9 Å². The highest BCUT2D eigenvalue weighted by atomic mass is 16.5. The Labute approximate surface area is 124 Å². The summed E-state index contributed by atoms with van der Waals surface area (Å²) in [7, 11) is 1.69. The number of rotatable bonds is 5. The first-order chi connectivity index (χ1) is 10.4. The number of hydrogen-bond donors (Lipinski definition) is 1. The number of aromatic nitrogens is 2. The molecule has 1 aliphatic rings. The van der Waals surface area contributed by atoms with Gasteiger partial charge in [-0.2, -0.15) is 0 Å². The monoisotopic (exact) mass is 287 g/mol. The normalized spacial score (nSPS) is 18.6. The maximum Gasteiger partial charge on any atom is 0.118 e. The van der Waals surface area contributed by atoms with Gasteiger partial charge in [0.2, 0.25) is 0 Å². The topological polar surface area (TPSA) is 48.3 Å². The lowest BCUT2D eigenvalue weighted by atomic mass is 10.1. The minimum absolute atomic E-state index is 0.108.